The molecule has 0 amide bonds. The number of benzene rings is 1. The van der Waals surface area contributed by atoms with Crippen LogP contribution < -0.4 is 4.74 Å². The van der Waals surface area contributed by atoms with Gasteiger partial charge in [0.1, 0.15) is 34.8 Å². The second-order valence-corrected chi connectivity index (χ2v) is 7.20. The zero-order chi connectivity index (χ0) is 17.7. The number of hydrogen-bond donors (Lipinski definition) is 0. The zero-order valence-electron chi connectivity index (χ0n) is 14.0. The van der Waals surface area contributed by atoms with Crippen molar-refractivity contribution in [2.24, 2.45) is 5.92 Å². The Balaban J connectivity index is 1.71. The van der Waals surface area contributed by atoms with Crippen LogP contribution in [0.25, 0.3) is 16.7 Å². The van der Waals surface area contributed by atoms with E-state index in [1.54, 1.807) is 16.9 Å². The van der Waals surface area contributed by atoms with Gasteiger partial charge in [-0.25, -0.2) is 19.0 Å². The fraction of sp³-hybridized carbons (Fsp3) is 0.389. The van der Waals surface area contributed by atoms with Crippen molar-refractivity contribution in [3.63, 3.8) is 0 Å². The molecule has 0 N–H and O–H groups in total. The summed E-state index contributed by atoms with van der Waals surface area (Å²) in [5.41, 5.74) is 1.26. The molecule has 2 aromatic heterocycles. The van der Waals surface area contributed by atoms with E-state index in [9.17, 15) is 4.39 Å². The van der Waals surface area contributed by atoms with Crippen molar-refractivity contribution in [3.8, 4) is 11.4 Å². The summed E-state index contributed by atoms with van der Waals surface area (Å²) in [6.45, 7) is 3.31. The lowest BCUT2D eigenvalue weighted by Gasteiger charge is -2.17. The van der Waals surface area contributed by atoms with Crippen LogP contribution in [0.15, 0.2) is 24.4 Å². The van der Waals surface area contributed by atoms with E-state index in [1.807, 2.05) is 0 Å². The Hall–Kier alpha value is -2.25. The lowest BCUT2D eigenvalue weighted by atomic mass is 10.0. The minimum absolute atomic E-state index is 0.348. The SMILES string of the molecule is Fc1ccc2c(c1)OCCN1CC[C@H](Cc3nc(Cl)c4cnn-2c4n3)C1. The van der Waals surface area contributed by atoms with Gasteiger partial charge in [0.2, 0.25) is 0 Å². The molecule has 26 heavy (non-hydrogen) atoms. The maximum atomic E-state index is 13.8. The Morgan fingerprint density at radius 1 is 1.23 bits per heavy atom. The van der Waals surface area contributed by atoms with E-state index in [2.05, 4.69) is 15.0 Å². The molecule has 2 aliphatic heterocycles. The molecule has 3 aromatic rings. The van der Waals surface area contributed by atoms with Gasteiger partial charge in [0.15, 0.2) is 5.65 Å². The second-order valence-electron chi connectivity index (χ2n) is 6.84. The summed E-state index contributed by atoms with van der Waals surface area (Å²) in [6, 6.07) is 4.43. The maximum Gasteiger partial charge on any atom is 0.168 e. The normalized spacial score (nSPS) is 22.4. The molecule has 0 saturated carbocycles. The van der Waals surface area contributed by atoms with Gasteiger partial charge < -0.3 is 4.74 Å². The molecule has 6 nitrogen and oxygen atoms in total. The third-order valence-corrected chi connectivity index (χ3v) is 5.37. The van der Waals surface area contributed by atoms with Gasteiger partial charge in [-0.3, -0.25) is 4.90 Å². The Labute approximate surface area is 154 Å². The molecular formula is C18H17ClFN5O. The Bertz CT molecular complexity index is 991. The molecule has 2 atom stereocenters. The molecule has 1 fully saturated rings. The monoisotopic (exact) mass is 373 g/mol. The van der Waals surface area contributed by atoms with Gasteiger partial charge in [-0.2, -0.15) is 5.10 Å². The van der Waals surface area contributed by atoms with E-state index in [0.29, 0.717) is 40.1 Å². The predicted octanol–water partition coefficient (Wildman–Crippen LogP) is 2.86. The van der Waals surface area contributed by atoms with Crippen LogP contribution in [0.5, 0.6) is 5.75 Å². The zero-order valence-corrected chi connectivity index (χ0v) is 14.8. The topological polar surface area (TPSA) is 56.1 Å². The minimum Gasteiger partial charge on any atom is -0.490 e. The van der Waals surface area contributed by atoms with E-state index in [-0.39, 0.29) is 5.82 Å². The quantitative estimate of drug-likeness (QED) is 0.567. The van der Waals surface area contributed by atoms with Crippen LogP contribution >= 0.6 is 11.6 Å². The summed E-state index contributed by atoms with van der Waals surface area (Å²) in [4.78, 5) is 11.5. The number of aromatic nitrogens is 4. The summed E-state index contributed by atoms with van der Waals surface area (Å²) in [7, 11) is 0. The van der Waals surface area contributed by atoms with Crippen molar-refractivity contribution in [2.45, 2.75) is 12.8 Å². The van der Waals surface area contributed by atoms with E-state index in [4.69, 9.17) is 21.3 Å². The first kappa shape index (κ1) is 16.0. The Morgan fingerprint density at radius 2 is 2.15 bits per heavy atom. The lowest BCUT2D eigenvalue weighted by molar-refractivity contribution is 0.231. The fourth-order valence-corrected chi connectivity index (χ4v) is 4.02. The summed E-state index contributed by atoms with van der Waals surface area (Å²) >= 11 is 6.38. The molecule has 1 unspecified atom stereocenters. The molecule has 0 radical (unpaired) electrons. The van der Waals surface area contributed by atoms with Crippen molar-refractivity contribution in [3.05, 3.63) is 41.2 Å². The molecule has 1 aromatic carbocycles. The molecule has 0 spiro atoms. The van der Waals surface area contributed by atoms with Gasteiger partial charge in [0.25, 0.3) is 0 Å². The van der Waals surface area contributed by atoms with Crippen LogP contribution in [0.2, 0.25) is 5.15 Å². The third-order valence-electron chi connectivity index (χ3n) is 5.08. The van der Waals surface area contributed by atoms with Crippen molar-refractivity contribution < 1.29 is 9.13 Å². The molecule has 5 rings (SSSR count). The number of halogens is 2. The smallest absolute Gasteiger partial charge is 0.168 e. The highest BCUT2D eigenvalue weighted by Crippen LogP contribution is 2.30. The Kier molecular flexibility index (Phi) is 3.79. The average molecular weight is 374 g/mol. The molecular weight excluding hydrogens is 357 g/mol. The van der Waals surface area contributed by atoms with Gasteiger partial charge >= 0.3 is 0 Å². The molecule has 1 saturated heterocycles. The molecule has 134 valence electrons. The number of fused-ring (bicyclic) bond motifs is 5. The van der Waals surface area contributed by atoms with Crippen LogP contribution in [0.1, 0.15) is 12.2 Å². The van der Waals surface area contributed by atoms with Gasteiger partial charge in [-0.05, 0) is 31.0 Å². The summed E-state index contributed by atoms with van der Waals surface area (Å²) in [5.74, 6) is 1.32. The lowest BCUT2D eigenvalue weighted by Crippen LogP contribution is -2.26. The first-order valence-corrected chi connectivity index (χ1v) is 9.10. The number of hydrogen-bond acceptors (Lipinski definition) is 5. The fourth-order valence-electron chi connectivity index (χ4n) is 3.79. The Morgan fingerprint density at radius 3 is 3.08 bits per heavy atom. The average Bonchev–Trinajstić information content (AvgIpc) is 3.22. The highest BCUT2D eigenvalue weighted by atomic mass is 35.5. The molecule has 4 bridgehead atoms. The van der Waals surface area contributed by atoms with Crippen LogP contribution in [0.4, 0.5) is 4.39 Å². The van der Waals surface area contributed by atoms with Crippen LogP contribution in [-0.4, -0.2) is 50.9 Å². The molecule has 2 aliphatic rings. The highest BCUT2D eigenvalue weighted by Gasteiger charge is 2.25. The van der Waals surface area contributed by atoms with Gasteiger partial charge in [0.05, 0.1) is 11.6 Å². The summed E-state index contributed by atoms with van der Waals surface area (Å²) in [6.07, 6.45) is 3.52. The maximum absolute atomic E-state index is 13.8. The van der Waals surface area contributed by atoms with E-state index in [0.717, 1.165) is 38.3 Å². The van der Waals surface area contributed by atoms with E-state index in [1.165, 1.54) is 12.1 Å². The van der Waals surface area contributed by atoms with Gasteiger partial charge in [0, 0.05) is 25.6 Å². The van der Waals surface area contributed by atoms with Crippen LogP contribution in [0.3, 0.4) is 0 Å². The first-order valence-electron chi connectivity index (χ1n) is 8.72. The standard InChI is InChI=1S/C18H17ClFN5O/c19-17-13-9-21-25-14-2-1-12(20)8-15(14)26-6-5-24-4-3-11(10-24)7-16(22-17)23-18(13)25/h1-2,8-9,11H,3-7,10H2/t11-/m1/s1. The summed E-state index contributed by atoms with van der Waals surface area (Å²) < 4.78 is 21.4. The molecule has 8 heteroatoms. The second kappa shape index (κ2) is 6.17. The van der Waals surface area contributed by atoms with Crippen molar-refractivity contribution in [2.75, 3.05) is 26.2 Å². The minimum atomic E-state index is -0.348. The van der Waals surface area contributed by atoms with Crippen molar-refractivity contribution in [1.82, 2.24) is 24.6 Å². The first-order chi connectivity index (χ1) is 12.7. The molecule has 0 aliphatic carbocycles. The predicted molar refractivity (Wildman–Crippen MR) is 95.4 cm³/mol. The number of rotatable bonds is 0. The molecule has 4 heterocycles. The van der Waals surface area contributed by atoms with Crippen molar-refractivity contribution in [1.29, 1.82) is 0 Å². The number of nitrogens with zero attached hydrogens (tertiary/aromatic N) is 5. The van der Waals surface area contributed by atoms with E-state index >= 15 is 0 Å². The van der Waals surface area contributed by atoms with Gasteiger partial charge in [-0.15, -0.1) is 0 Å². The van der Waals surface area contributed by atoms with Crippen molar-refractivity contribution >= 4 is 22.6 Å². The van der Waals surface area contributed by atoms with E-state index < -0.39 is 0 Å². The van der Waals surface area contributed by atoms with Gasteiger partial charge in [-0.1, -0.05) is 11.6 Å². The van der Waals surface area contributed by atoms with Crippen LogP contribution in [0, 0.1) is 11.7 Å². The highest BCUT2D eigenvalue weighted by molar-refractivity contribution is 6.33. The number of ether oxygens (including phenoxy) is 1. The summed E-state index contributed by atoms with van der Waals surface area (Å²) in [5, 5.41) is 5.48. The third kappa shape index (κ3) is 2.71. The van der Waals surface area contributed by atoms with Crippen LogP contribution in [-0.2, 0) is 6.42 Å². The largest absolute Gasteiger partial charge is 0.490 e.